The highest BCUT2D eigenvalue weighted by molar-refractivity contribution is 7.12. The molecule has 0 amide bonds. The Kier molecular flexibility index (Phi) is 7.67. The number of thiophene rings is 2. The second-order valence-electron chi connectivity index (χ2n) is 8.90. The van der Waals surface area contributed by atoms with E-state index in [9.17, 15) is 0 Å². The molecule has 1 N–H and O–H groups in total. The Morgan fingerprint density at radius 1 is 0.703 bits per heavy atom. The third-order valence-electron chi connectivity index (χ3n) is 6.32. The summed E-state index contributed by atoms with van der Waals surface area (Å²) in [6.45, 7) is 8.75. The number of fused-ring (bicyclic) bond motifs is 2. The molecule has 3 aromatic heterocycles. The largest absolute Gasteiger partial charge is 0.337 e. The fourth-order valence-electron chi connectivity index (χ4n) is 4.90. The Morgan fingerprint density at radius 2 is 1.19 bits per heavy atom. The average Bonchev–Trinajstić information content (AvgIpc) is 3.52. The molecular weight excluding hydrogens is 559 g/mol. The molecule has 6 aromatic rings. The highest BCUT2D eigenvalue weighted by Crippen LogP contribution is 2.43. The molecule has 3 heterocycles. The van der Waals surface area contributed by atoms with Gasteiger partial charge in [-0.25, -0.2) is 4.98 Å². The minimum atomic E-state index is -0.750. The van der Waals surface area contributed by atoms with Crippen LogP contribution in [0.2, 0.25) is 0 Å². The predicted molar refractivity (Wildman–Crippen MR) is 166 cm³/mol. The Hall–Kier alpha value is -2.34. The molecule has 2 nitrogen and oxygen atoms in total. The van der Waals surface area contributed by atoms with Crippen molar-refractivity contribution >= 4 is 79.0 Å². The van der Waals surface area contributed by atoms with Gasteiger partial charge in [-0.05, 0) is 67.4 Å². The maximum Gasteiger partial charge on any atom is 0.180 e. The van der Waals surface area contributed by atoms with E-state index in [0.29, 0.717) is 0 Å². The van der Waals surface area contributed by atoms with Gasteiger partial charge < -0.3 is 4.98 Å². The van der Waals surface area contributed by atoms with Crippen molar-refractivity contribution in [1.82, 2.24) is 9.97 Å². The lowest BCUT2D eigenvalue weighted by Gasteiger charge is -2.09. The van der Waals surface area contributed by atoms with E-state index >= 15 is 0 Å². The van der Waals surface area contributed by atoms with E-state index in [2.05, 4.69) is 99.4 Å². The highest BCUT2D eigenvalue weighted by Gasteiger charge is 2.22. The fourth-order valence-corrected chi connectivity index (χ4v) is 6.75. The van der Waals surface area contributed by atoms with Crippen LogP contribution in [0.4, 0.5) is 0 Å². The normalized spacial score (nSPS) is 11.4. The van der Waals surface area contributed by atoms with E-state index in [4.69, 9.17) is 39.8 Å². The molecule has 0 saturated heterocycles. The molecule has 0 aliphatic carbocycles. The van der Waals surface area contributed by atoms with Crippen molar-refractivity contribution in [2.24, 2.45) is 0 Å². The summed E-state index contributed by atoms with van der Waals surface area (Å²) >= 11 is 18.1. The van der Waals surface area contributed by atoms with Gasteiger partial charge in [-0.3, -0.25) is 0 Å². The Morgan fingerprint density at radius 3 is 1.68 bits per heavy atom. The van der Waals surface area contributed by atoms with Crippen LogP contribution in [0.3, 0.4) is 0 Å². The molecule has 0 aliphatic rings. The molecule has 0 bridgehead atoms. The maximum atomic E-state index is 5.31. The maximum absolute atomic E-state index is 5.31. The first-order valence-corrected chi connectivity index (χ1v) is 14.7. The second kappa shape index (κ2) is 10.8. The van der Waals surface area contributed by atoms with E-state index in [-0.39, 0.29) is 0 Å². The van der Waals surface area contributed by atoms with Crippen LogP contribution in [0.5, 0.6) is 0 Å². The molecule has 37 heavy (non-hydrogen) atoms. The van der Waals surface area contributed by atoms with E-state index in [0.717, 1.165) is 17.2 Å². The van der Waals surface area contributed by atoms with Crippen molar-refractivity contribution in [3.63, 3.8) is 0 Å². The highest BCUT2D eigenvalue weighted by atomic mass is 35.6. The van der Waals surface area contributed by atoms with Crippen LogP contribution in [0.15, 0.2) is 66.7 Å². The lowest BCUT2D eigenvalue weighted by molar-refractivity contribution is 1.32. The first kappa shape index (κ1) is 26.3. The van der Waals surface area contributed by atoms with Gasteiger partial charge in [-0.1, -0.05) is 83.3 Å². The van der Waals surface area contributed by atoms with Crippen molar-refractivity contribution in [3.8, 4) is 33.9 Å². The van der Waals surface area contributed by atoms with Gasteiger partial charge in [0.15, 0.2) is 4.30 Å². The monoisotopic (exact) mass is 582 g/mol. The number of aromatic nitrogens is 2. The van der Waals surface area contributed by atoms with Crippen LogP contribution in [0.1, 0.15) is 19.5 Å². The van der Waals surface area contributed by atoms with Gasteiger partial charge in [-0.2, -0.15) is 0 Å². The summed E-state index contributed by atoms with van der Waals surface area (Å²) in [5, 5.41) is 4.91. The number of hydrogen-bond donors (Lipinski definition) is 1. The quantitative estimate of drug-likeness (QED) is 0.163. The number of halogens is 3. The standard InChI is InChI=1S/C29H24N2S2.CHCl3/c1-16-13-24(18(3)32-16)27-28(25-14-17(2)33-19(25)4)31-29(30-27)26-22-11-7-5-9-20(22)15-21-10-6-8-12-23(21)26;2-1(3)4/h5-15H,1-4H3,(H,30,31);1H. The number of alkyl halides is 3. The van der Waals surface area contributed by atoms with Crippen LogP contribution in [0.25, 0.3) is 55.4 Å². The number of aryl methyl sites for hydroxylation is 4. The van der Waals surface area contributed by atoms with Crippen molar-refractivity contribution in [2.45, 2.75) is 32.0 Å². The van der Waals surface area contributed by atoms with Crippen LogP contribution in [-0.2, 0) is 0 Å². The molecule has 6 rings (SSSR count). The third kappa shape index (κ3) is 5.32. The molecule has 0 radical (unpaired) electrons. The lowest BCUT2D eigenvalue weighted by atomic mass is 9.96. The predicted octanol–water partition coefficient (Wildman–Crippen LogP) is 11.1. The molecule has 0 fully saturated rings. The summed E-state index contributed by atoms with van der Waals surface area (Å²) in [6.07, 6.45) is 0. The fraction of sp³-hybridized carbons (Fsp3) is 0.167. The zero-order valence-electron chi connectivity index (χ0n) is 20.8. The summed E-state index contributed by atoms with van der Waals surface area (Å²) in [7, 11) is 0. The van der Waals surface area contributed by atoms with Gasteiger partial charge in [0, 0.05) is 36.2 Å². The zero-order valence-corrected chi connectivity index (χ0v) is 24.7. The smallest absolute Gasteiger partial charge is 0.180 e. The first-order valence-electron chi connectivity index (χ1n) is 11.8. The molecule has 0 atom stereocenters. The minimum absolute atomic E-state index is 0.750. The van der Waals surface area contributed by atoms with Crippen LogP contribution < -0.4 is 0 Å². The second-order valence-corrected chi connectivity index (χ2v) is 13.8. The molecule has 0 unspecified atom stereocenters. The topological polar surface area (TPSA) is 28.7 Å². The van der Waals surface area contributed by atoms with E-state index in [1.165, 1.54) is 57.7 Å². The molecule has 3 aromatic carbocycles. The van der Waals surface area contributed by atoms with Crippen LogP contribution in [0, 0.1) is 27.7 Å². The summed E-state index contributed by atoms with van der Waals surface area (Å²) in [5.74, 6) is 0.930. The minimum Gasteiger partial charge on any atom is -0.337 e. The van der Waals surface area contributed by atoms with E-state index in [1.807, 2.05) is 22.7 Å². The van der Waals surface area contributed by atoms with Crippen molar-refractivity contribution < 1.29 is 0 Å². The average molecular weight is 584 g/mol. The van der Waals surface area contributed by atoms with Gasteiger partial charge in [0.1, 0.15) is 5.82 Å². The van der Waals surface area contributed by atoms with Gasteiger partial charge in [0.25, 0.3) is 0 Å². The van der Waals surface area contributed by atoms with E-state index < -0.39 is 4.30 Å². The summed E-state index contributed by atoms with van der Waals surface area (Å²) < 4.78 is -0.750. The molecule has 0 aliphatic heterocycles. The van der Waals surface area contributed by atoms with Crippen molar-refractivity contribution in [1.29, 1.82) is 0 Å². The molecular formula is C30H25Cl3N2S2. The SMILES string of the molecule is Cc1cc(-c2nc(-c3c4ccccc4cc4ccccc34)[nH]c2-c2cc(C)sc2C)c(C)s1.ClC(Cl)Cl. The molecule has 0 saturated carbocycles. The zero-order chi connectivity index (χ0) is 26.3. The lowest BCUT2D eigenvalue weighted by Crippen LogP contribution is -1.87. The number of benzene rings is 3. The number of hydrogen-bond acceptors (Lipinski definition) is 3. The van der Waals surface area contributed by atoms with Crippen LogP contribution in [-0.4, -0.2) is 14.3 Å². The van der Waals surface area contributed by atoms with E-state index in [1.54, 1.807) is 0 Å². The summed E-state index contributed by atoms with van der Waals surface area (Å²) in [5.41, 5.74) is 5.81. The van der Waals surface area contributed by atoms with Gasteiger partial charge in [0.2, 0.25) is 0 Å². The molecule has 188 valence electrons. The number of nitrogens with zero attached hydrogens (tertiary/aromatic N) is 1. The Bertz CT molecular complexity index is 1610. The number of rotatable bonds is 3. The van der Waals surface area contributed by atoms with Crippen molar-refractivity contribution in [2.75, 3.05) is 0 Å². The van der Waals surface area contributed by atoms with Crippen molar-refractivity contribution in [3.05, 3.63) is 86.2 Å². The summed E-state index contributed by atoms with van der Waals surface area (Å²) in [6, 6.07) is 24.1. The van der Waals surface area contributed by atoms with Crippen LogP contribution >= 0.6 is 57.5 Å². The first-order chi connectivity index (χ1) is 17.7. The van der Waals surface area contributed by atoms with Gasteiger partial charge >= 0.3 is 0 Å². The number of nitrogens with one attached hydrogen (secondary N) is 1. The molecule has 7 heteroatoms. The summed E-state index contributed by atoms with van der Waals surface area (Å²) in [4.78, 5) is 14.3. The number of H-pyrrole nitrogens is 1. The third-order valence-corrected chi connectivity index (χ3v) is 8.25. The number of aromatic amines is 1. The van der Waals surface area contributed by atoms with Gasteiger partial charge in [0.05, 0.1) is 11.4 Å². The number of imidazole rings is 1. The Labute approximate surface area is 239 Å². The Balaban J connectivity index is 0.000000655. The molecule has 0 spiro atoms. The van der Waals surface area contributed by atoms with Gasteiger partial charge in [-0.15, -0.1) is 22.7 Å².